The SMILES string of the molecule is O=C(COC(=O)Cc1c(F)cccc1Cl)Nc1ccc2c(c1)OCCCO2. The van der Waals surface area contributed by atoms with Crippen molar-refractivity contribution in [2.75, 3.05) is 25.1 Å². The Bertz CT molecular complexity index is 838. The number of nitrogens with one attached hydrogen (secondary N) is 1. The Morgan fingerprint density at radius 2 is 1.93 bits per heavy atom. The smallest absolute Gasteiger partial charge is 0.310 e. The molecule has 0 spiro atoms. The lowest BCUT2D eigenvalue weighted by Crippen LogP contribution is -2.22. The van der Waals surface area contributed by atoms with E-state index in [4.69, 9.17) is 25.8 Å². The zero-order valence-corrected chi connectivity index (χ0v) is 15.1. The minimum Gasteiger partial charge on any atom is -0.490 e. The molecule has 2 aromatic rings. The first-order chi connectivity index (χ1) is 13.0. The lowest BCUT2D eigenvalue weighted by molar-refractivity contribution is -0.146. The molecule has 8 heteroatoms. The number of hydrogen-bond donors (Lipinski definition) is 1. The second kappa shape index (κ2) is 8.73. The van der Waals surface area contributed by atoms with Crippen LogP contribution in [0.2, 0.25) is 5.02 Å². The highest BCUT2D eigenvalue weighted by Gasteiger charge is 2.15. The summed E-state index contributed by atoms with van der Waals surface area (Å²) in [5, 5.41) is 2.73. The number of hydrogen-bond acceptors (Lipinski definition) is 5. The van der Waals surface area contributed by atoms with Crippen LogP contribution in [0.5, 0.6) is 11.5 Å². The predicted octanol–water partition coefficient (Wildman–Crippen LogP) is 3.36. The molecule has 0 atom stereocenters. The van der Waals surface area contributed by atoms with Crippen molar-refractivity contribution >= 4 is 29.2 Å². The molecule has 0 bridgehead atoms. The summed E-state index contributed by atoms with van der Waals surface area (Å²) in [7, 11) is 0. The molecule has 1 amide bonds. The zero-order valence-electron chi connectivity index (χ0n) is 14.3. The van der Waals surface area contributed by atoms with Crippen LogP contribution in [-0.4, -0.2) is 31.7 Å². The fourth-order valence-electron chi connectivity index (χ4n) is 2.48. The molecule has 0 aromatic heterocycles. The van der Waals surface area contributed by atoms with Gasteiger partial charge in [-0.3, -0.25) is 9.59 Å². The van der Waals surface area contributed by atoms with E-state index in [0.29, 0.717) is 30.4 Å². The molecule has 2 aromatic carbocycles. The van der Waals surface area contributed by atoms with E-state index in [1.807, 2.05) is 0 Å². The Kier molecular flexibility index (Phi) is 6.13. The maximum atomic E-state index is 13.7. The number of carbonyl (C=O) groups excluding carboxylic acids is 2. The van der Waals surface area contributed by atoms with Gasteiger partial charge >= 0.3 is 5.97 Å². The molecule has 0 unspecified atom stereocenters. The molecule has 27 heavy (non-hydrogen) atoms. The van der Waals surface area contributed by atoms with Crippen molar-refractivity contribution in [3.63, 3.8) is 0 Å². The first-order valence-electron chi connectivity index (χ1n) is 8.31. The van der Waals surface area contributed by atoms with Crippen molar-refractivity contribution in [2.45, 2.75) is 12.8 Å². The van der Waals surface area contributed by atoms with Crippen molar-refractivity contribution in [2.24, 2.45) is 0 Å². The van der Waals surface area contributed by atoms with Crippen LogP contribution in [0.3, 0.4) is 0 Å². The topological polar surface area (TPSA) is 73.9 Å². The molecule has 1 aliphatic rings. The third kappa shape index (κ3) is 5.10. The molecule has 1 aliphatic heterocycles. The van der Waals surface area contributed by atoms with E-state index in [2.05, 4.69) is 5.32 Å². The van der Waals surface area contributed by atoms with Gasteiger partial charge in [0.05, 0.1) is 19.6 Å². The fraction of sp³-hybridized carbons (Fsp3) is 0.263. The lowest BCUT2D eigenvalue weighted by atomic mass is 10.1. The number of fused-ring (bicyclic) bond motifs is 1. The highest BCUT2D eigenvalue weighted by Crippen LogP contribution is 2.32. The van der Waals surface area contributed by atoms with Crippen LogP contribution in [-0.2, 0) is 20.7 Å². The van der Waals surface area contributed by atoms with E-state index >= 15 is 0 Å². The molecule has 0 saturated carbocycles. The average molecular weight is 394 g/mol. The molecule has 6 nitrogen and oxygen atoms in total. The Morgan fingerprint density at radius 1 is 1.15 bits per heavy atom. The van der Waals surface area contributed by atoms with Gasteiger partial charge in [-0.1, -0.05) is 17.7 Å². The number of rotatable bonds is 5. The summed E-state index contributed by atoms with van der Waals surface area (Å²) >= 11 is 5.86. The normalized spacial score (nSPS) is 12.8. The second-order valence-electron chi connectivity index (χ2n) is 5.80. The largest absolute Gasteiger partial charge is 0.490 e. The average Bonchev–Trinajstić information content (AvgIpc) is 2.88. The van der Waals surface area contributed by atoms with Gasteiger partial charge in [0.1, 0.15) is 5.82 Å². The van der Waals surface area contributed by atoms with Crippen LogP contribution in [0, 0.1) is 5.82 Å². The third-order valence-electron chi connectivity index (χ3n) is 3.78. The van der Waals surface area contributed by atoms with Crippen molar-refractivity contribution in [3.8, 4) is 11.5 Å². The molecule has 3 rings (SSSR count). The molecular weight excluding hydrogens is 377 g/mol. The fourth-order valence-corrected chi connectivity index (χ4v) is 2.71. The van der Waals surface area contributed by atoms with Crippen LogP contribution >= 0.6 is 11.6 Å². The molecule has 0 fully saturated rings. The van der Waals surface area contributed by atoms with Crippen LogP contribution in [0.15, 0.2) is 36.4 Å². The first-order valence-corrected chi connectivity index (χ1v) is 8.69. The summed E-state index contributed by atoms with van der Waals surface area (Å²) in [6, 6.07) is 9.11. The standard InChI is InChI=1S/C19H17ClFNO5/c20-14-3-1-4-15(21)13(14)10-19(24)27-11-18(23)22-12-5-6-16-17(9-12)26-8-2-7-25-16/h1,3-6,9H,2,7-8,10-11H2,(H,22,23). The van der Waals surface area contributed by atoms with Gasteiger partial charge in [-0.2, -0.15) is 0 Å². The summed E-state index contributed by atoms with van der Waals surface area (Å²) in [6.07, 6.45) is 0.418. The Balaban J connectivity index is 1.52. The van der Waals surface area contributed by atoms with Gasteiger partial charge in [0, 0.05) is 28.8 Å². The summed E-state index contributed by atoms with van der Waals surface area (Å²) in [4.78, 5) is 23.8. The highest BCUT2D eigenvalue weighted by atomic mass is 35.5. The van der Waals surface area contributed by atoms with Crippen LogP contribution in [0.25, 0.3) is 0 Å². The summed E-state index contributed by atoms with van der Waals surface area (Å²) < 4.78 is 29.6. The molecule has 0 radical (unpaired) electrons. The van der Waals surface area contributed by atoms with Crippen LogP contribution in [0.4, 0.5) is 10.1 Å². The van der Waals surface area contributed by atoms with Gasteiger partial charge in [0.15, 0.2) is 18.1 Å². The zero-order chi connectivity index (χ0) is 19.2. The summed E-state index contributed by atoms with van der Waals surface area (Å²) in [6.45, 7) is 0.598. The number of anilines is 1. The number of benzene rings is 2. The molecule has 0 aliphatic carbocycles. The molecule has 1 N–H and O–H groups in total. The molecule has 1 heterocycles. The van der Waals surface area contributed by atoms with E-state index in [1.54, 1.807) is 18.2 Å². The number of ether oxygens (including phenoxy) is 3. The van der Waals surface area contributed by atoms with Crippen LogP contribution < -0.4 is 14.8 Å². The van der Waals surface area contributed by atoms with Gasteiger partial charge in [0.2, 0.25) is 0 Å². The Morgan fingerprint density at radius 3 is 2.70 bits per heavy atom. The Hall–Kier alpha value is -2.80. The van der Waals surface area contributed by atoms with Gasteiger partial charge in [-0.25, -0.2) is 4.39 Å². The van der Waals surface area contributed by atoms with Crippen LogP contribution in [0.1, 0.15) is 12.0 Å². The molecule has 142 valence electrons. The van der Waals surface area contributed by atoms with E-state index in [-0.39, 0.29) is 17.0 Å². The summed E-state index contributed by atoms with van der Waals surface area (Å²) in [5.41, 5.74) is 0.518. The maximum Gasteiger partial charge on any atom is 0.310 e. The first kappa shape index (κ1) is 19.0. The number of amides is 1. The van der Waals surface area contributed by atoms with Crippen molar-refractivity contribution < 1.29 is 28.2 Å². The van der Waals surface area contributed by atoms with Crippen molar-refractivity contribution in [1.29, 1.82) is 0 Å². The van der Waals surface area contributed by atoms with Crippen molar-refractivity contribution in [1.82, 2.24) is 0 Å². The highest BCUT2D eigenvalue weighted by molar-refractivity contribution is 6.31. The summed E-state index contributed by atoms with van der Waals surface area (Å²) in [5.74, 6) is -0.737. The third-order valence-corrected chi connectivity index (χ3v) is 4.13. The van der Waals surface area contributed by atoms with Gasteiger partial charge < -0.3 is 19.5 Å². The van der Waals surface area contributed by atoms with Gasteiger partial charge in [-0.05, 0) is 24.3 Å². The van der Waals surface area contributed by atoms with E-state index < -0.39 is 24.3 Å². The van der Waals surface area contributed by atoms with E-state index in [0.717, 1.165) is 6.42 Å². The van der Waals surface area contributed by atoms with Crippen molar-refractivity contribution in [3.05, 3.63) is 52.8 Å². The predicted molar refractivity (Wildman–Crippen MR) is 96.8 cm³/mol. The number of carbonyl (C=O) groups is 2. The van der Waals surface area contributed by atoms with Gasteiger partial charge in [-0.15, -0.1) is 0 Å². The van der Waals surface area contributed by atoms with Gasteiger partial charge in [0.25, 0.3) is 5.91 Å². The quantitative estimate of drug-likeness (QED) is 0.788. The minimum absolute atomic E-state index is 0.0347. The molecule has 0 saturated heterocycles. The van der Waals surface area contributed by atoms with E-state index in [9.17, 15) is 14.0 Å². The Labute approximate surface area is 160 Å². The second-order valence-corrected chi connectivity index (χ2v) is 6.21. The number of esters is 1. The van der Waals surface area contributed by atoms with E-state index in [1.165, 1.54) is 18.2 Å². The minimum atomic E-state index is -0.754. The number of halogens is 2. The molecular formula is C19H17ClFNO5. The monoisotopic (exact) mass is 393 g/mol. The maximum absolute atomic E-state index is 13.7. The lowest BCUT2D eigenvalue weighted by Gasteiger charge is -2.11.